The Bertz CT molecular complexity index is 643. The van der Waals surface area contributed by atoms with Crippen molar-refractivity contribution in [2.45, 2.75) is 37.5 Å². The molecular weight excluding hydrogens is 334 g/mol. The van der Waals surface area contributed by atoms with Gasteiger partial charge in [-0.3, -0.25) is 0 Å². The second-order valence-electron chi connectivity index (χ2n) is 5.25. The first-order valence-corrected chi connectivity index (χ1v) is 8.20. The first-order valence-electron chi connectivity index (χ1n) is 6.91. The third-order valence-electron chi connectivity index (χ3n) is 3.98. The number of benzene rings is 1. The molecule has 1 saturated carbocycles. The Morgan fingerprint density at radius 1 is 1.24 bits per heavy atom. The topological polar surface area (TPSA) is 17.8 Å². The molecule has 0 N–H and O–H groups in total. The van der Waals surface area contributed by atoms with Crippen LogP contribution in [0.15, 0.2) is 18.2 Å². The number of aromatic nitrogens is 2. The van der Waals surface area contributed by atoms with Crippen LogP contribution in [0.2, 0.25) is 10.2 Å². The van der Waals surface area contributed by atoms with E-state index in [4.69, 9.17) is 34.8 Å². The molecule has 2 aromatic rings. The van der Waals surface area contributed by atoms with E-state index < -0.39 is 5.82 Å². The summed E-state index contributed by atoms with van der Waals surface area (Å²) in [6.45, 7) is 0. The molecule has 6 heteroatoms. The first-order chi connectivity index (χ1) is 10.1. The summed E-state index contributed by atoms with van der Waals surface area (Å²) in [4.78, 5) is 0. The molecule has 1 aliphatic rings. The average Bonchev–Trinajstić information content (AvgIpc) is 3.07. The summed E-state index contributed by atoms with van der Waals surface area (Å²) in [7, 11) is 0. The molecule has 0 radical (unpaired) electrons. The Morgan fingerprint density at radius 2 is 1.95 bits per heavy atom. The van der Waals surface area contributed by atoms with Crippen LogP contribution in [0.3, 0.4) is 0 Å². The van der Waals surface area contributed by atoms with E-state index >= 15 is 0 Å². The highest BCUT2D eigenvalue weighted by atomic mass is 35.5. The summed E-state index contributed by atoms with van der Waals surface area (Å²) in [5, 5.41) is 5.15. The highest BCUT2D eigenvalue weighted by Gasteiger charge is 2.27. The molecule has 1 heterocycles. The molecular formula is C15H14Cl3FN2. The monoisotopic (exact) mass is 346 g/mol. The summed E-state index contributed by atoms with van der Waals surface area (Å²) in [6, 6.07) is 4.52. The normalized spacial score (nSPS) is 15.8. The molecule has 112 valence electrons. The van der Waals surface area contributed by atoms with Gasteiger partial charge >= 0.3 is 0 Å². The third kappa shape index (κ3) is 2.67. The Hall–Kier alpha value is -0.770. The largest absolute Gasteiger partial charge is 0.217 e. The van der Waals surface area contributed by atoms with Crippen molar-refractivity contribution in [2.75, 3.05) is 0 Å². The first kappa shape index (κ1) is 15.1. The van der Waals surface area contributed by atoms with Crippen molar-refractivity contribution >= 4 is 34.8 Å². The molecule has 1 aliphatic carbocycles. The van der Waals surface area contributed by atoms with Gasteiger partial charge in [0.1, 0.15) is 16.7 Å². The Labute approximate surface area is 137 Å². The minimum Gasteiger partial charge on any atom is -0.217 e. The van der Waals surface area contributed by atoms with Gasteiger partial charge < -0.3 is 0 Å². The van der Waals surface area contributed by atoms with Crippen LogP contribution < -0.4 is 0 Å². The van der Waals surface area contributed by atoms with Crippen LogP contribution in [0.1, 0.15) is 42.9 Å². The van der Waals surface area contributed by atoms with Crippen molar-refractivity contribution in [1.29, 1.82) is 0 Å². The standard InChI is InChI=1S/C15H14Cl3FN2/c16-8-10-13(9-4-1-2-5-9)20-21(15(10)18)14-11(17)6-3-7-12(14)19/h3,6-7,9H,1-2,4-5,8H2. The Kier molecular flexibility index (Phi) is 4.43. The number of rotatable bonds is 3. The Balaban J connectivity index is 2.15. The molecule has 1 fully saturated rings. The molecule has 0 saturated heterocycles. The number of para-hydroxylation sites is 1. The molecule has 0 spiro atoms. The van der Waals surface area contributed by atoms with Gasteiger partial charge in [-0.1, -0.05) is 42.1 Å². The van der Waals surface area contributed by atoms with Gasteiger partial charge in [-0.25, -0.2) is 9.07 Å². The van der Waals surface area contributed by atoms with Gasteiger partial charge in [0.05, 0.1) is 16.6 Å². The van der Waals surface area contributed by atoms with Crippen LogP contribution in [-0.2, 0) is 5.88 Å². The minimum atomic E-state index is -0.453. The summed E-state index contributed by atoms with van der Waals surface area (Å²) >= 11 is 18.5. The van der Waals surface area contributed by atoms with Crippen molar-refractivity contribution in [3.63, 3.8) is 0 Å². The fraction of sp³-hybridized carbons (Fsp3) is 0.400. The Morgan fingerprint density at radius 3 is 2.57 bits per heavy atom. The van der Waals surface area contributed by atoms with Gasteiger partial charge in [0.15, 0.2) is 0 Å². The third-order valence-corrected chi connectivity index (χ3v) is 4.94. The highest BCUT2D eigenvalue weighted by molar-refractivity contribution is 6.33. The zero-order valence-corrected chi connectivity index (χ0v) is 13.5. The fourth-order valence-corrected chi connectivity index (χ4v) is 3.80. The lowest BCUT2D eigenvalue weighted by Crippen LogP contribution is -2.03. The fourth-order valence-electron chi connectivity index (χ4n) is 2.94. The van der Waals surface area contributed by atoms with Crippen LogP contribution in [0.4, 0.5) is 4.39 Å². The van der Waals surface area contributed by atoms with E-state index in [1.807, 2.05) is 0 Å². The second kappa shape index (κ2) is 6.15. The zero-order valence-electron chi connectivity index (χ0n) is 11.3. The molecule has 1 aromatic carbocycles. The number of halogens is 4. The van der Waals surface area contributed by atoms with Gasteiger partial charge in [-0.05, 0) is 25.0 Å². The lowest BCUT2D eigenvalue weighted by molar-refractivity contribution is 0.606. The predicted octanol–water partition coefficient (Wildman–Crippen LogP) is 5.71. The van der Waals surface area contributed by atoms with Crippen molar-refractivity contribution < 1.29 is 4.39 Å². The van der Waals surface area contributed by atoms with Crippen molar-refractivity contribution in [3.05, 3.63) is 45.4 Å². The van der Waals surface area contributed by atoms with Gasteiger partial charge in [0.25, 0.3) is 0 Å². The lowest BCUT2D eigenvalue weighted by Gasteiger charge is -2.07. The molecule has 0 bridgehead atoms. The molecule has 3 rings (SSSR count). The summed E-state index contributed by atoms with van der Waals surface area (Å²) < 4.78 is 15.5. The summed E-state index contributed by atoms with van der Waals surface area (Å²) in [5.74, 6) is 0.158. The SMILES string of the molecule is Fc1cccc(Cl)c1-n1nc(C2CCCC2)c(CCl)c1Cl. The smallest absolute Gasteiger partial charge is 0.150 e. The maximum absolute atomic E-state index is 14.1. The van der Waals surface area contributed by atoms with E-state index in [-0.39, 0.29) is 16.6 Å². The van der Waals surface area contributed by atoms with Gasteiger partial charge in [0, 0.05) is 11.5 Å². The van der Waals surface area contributed by atoms with E-state index in [0.29, 0.717) is 11.1 Å². The zero-order chi connectivity index (χ0) is 15.0. The highest BCUT2D eigenvalue weighted by Crippen LogP contribution is 2.39. The summed E-state index contributed by atoms with van der Waals surface area (Å²) in [5.41, 5.74) is 1.84. The minimum absolute atomic E-state index is 0.180. The second-order valence-corrected chi connectivity index (χ2v) is 6.28. The van der Waals surface area contributed by atoms with Crippen LogP contribution in [0.5, 0.6) is 0 Å². The van der Waals surface area contributed by atoms with Gasteiger partial charge in [0.2, 0.25) is 0 Å². The number of hydrogen-bond acceptors (Lipinski definition) is 1. The van der Waals surface area contributed by atoms with Crippen LogP contribution in [0.25, 0.3) is 5.69 Å². The van der Waals surface area contributed by atoms with E-state index in [9.17, 15) is 4.39 Å². The van der Waals surface area contributed by atoms with Gasteiger partial charge in [-0.15, -0.1) is 11.6 Å². The summed E-state index contributed by atoms with van der Waals surface area (Å²) in [6.07, 6.45) is 4.50. The molecule has 0 atom stereocenters. The molecule has 0 aliphatic heterocycles. The van der Waals surface area contributed by atoms with E-state index in [2.05, 4.69) is 5.10 Å². The number of hydrogen-bond donors (Lipinski definition) is 0. The average molecular weight is 348 g/mol. The molecule has 1 aromatic heterocycles. The molecule has 0 unspecified atom stereocenters. The maximum Gasteiger partial charge on any atom is 0.150 e. The number of nitrogens with zero attached hydrogens (tertiary/aromatic N) is 2. The van der Waals surface area contributed by atoms with Crippen molar-refractivity contribution in [3.8, 4) is 5.69 Å². The molecule has 21 heavy (non-hydrogen) atoms. The van der Waals surface area contributed by atoms with Crippen molar-refractivity contribution in [1.82, 2.24) is 9.78 Å². The van der Waals surface area contributed by atoms with Crippen LogP contribution in [-0.4, -0.2) is 9.78 Å². The maximum atomic E-state index is 14.1. The van der Waals surface area contributed by atoms with Crippen LogP contribution in [0, 0.1) is 5.82 Å². The number of alkyl halides is 1. The van der Waals surface area contributed by atoms with Crippen molar-refractivity contribution in [2.24, 2.45) is 0 Å². The van der Waals surface area contributed by atoms with E-state index in [1.54, 1.807) is 12.1 Å². The predicted molar refractivity (Wildman–Crippen MR) is 84.3 cm³/mol. The van der Waals surface area contributed by atoms with Gasteiger partial charge in [-0.2, -0.15) is 5.10 Å². The quantitative estimate of drug-likeness (QED) is 0.650. The van der Waals surface area contributed by atoms with E-state index in [1.165, 1.54) is 23.6 Å². The lowest BCUT2D eigenvalue weighted by atomic mass is 10.0. The van der Waals surface area contributed by atoms with E-state index in [0.717, 1.165) is 24.1 Å². The van der Waals surface area contributed by atoms with Crippen LogP contribution >= 0.6 is 34.8 Å². The molecule has 2 nitrogen and oxygen atoms in total. The molecule has 0 amide bonds.